The van der Waals surface area contributed by atoms with Crippen molar-refractivity contribution < 1.29 is 19.5 Å². The highest BCUT2D eigenvalue weighted by Gasteiger charge is 2.20. The van der Waals surface area contributed by atoms with Crippen LogP contribution in [-0.2, 0) is 0 Å². The second-order valence-corrected chi connectivity index (χ2v) is 7.14. The summed E-state index contributed by atoms with van der Waals surface area (Å²) in [6, 6.07) is 16.0. The lowest BCUT2D eigenvalue weighted by molar-refractivity contribution is 0.0697. The summed E-state index contributed by atoms with van der Waals surface area (Å²) in [5.74, 6) is -2.12. The molecule has 6 N–H and O–H groups in total. The first-order valence-corrected chi connectivity index (χ1v) is 9.67. The summed E-state index contributed by atoms with van der Waals surface area (Å²) in [5.41, 5.74) is 8.46. The largest absolute Gasteiger partial charge is 0.478 e. The van der Waals surface area contributed by atoms with Crippen molar-refractivity contribution >= 4 is 29.3 Å². The van der Waals surface area contributed by atoms with E-state index in [-0.39, 0.29) is 22.5 Å². The summed E-state index contributed by atoms with van der Waals surface area (Å²) in [4.78, 5) is 37.0. The first-order chi connectivity index (χ1) is 15.2. The van der Waals surface area contributed by atoms with Crippen LogP contribution in [0.4, 0.5) is 5.69 Å². The van der Waals surface area contributed by atoms with Crippen LogP contribution in [0.3, 0.4) is 0 Å². The van der Waals surface area contributed by atoms with Gasteiger partial charge in [0, 0.05) is 29.4 Å². The van der Waals surface area contributed by atoms with Gasteiger partial charge in [-0.15, -0.1) is 0 Å². The van der Waals surface area contributed by atoms with Gasteiger partial charge in [-0.05, 0) is 60.5 Å². The fourth-order valence-electron chi connectivity index (χ4n) is 3.25. The minimum Gasteiger partial charge on any atom is -0.478 e. The minimum atomic E-state index is -1.21. The van der Waals surface area contributed by atoms with Crippen LogP contribution in [-0.4, -0.2) is 35.8 Å². The van der Waals surface area contributed by atoms with Crippen LogP contribution in [0.1, 0.15) is 42.2 Å². The van der Waals surface area contributed by atoms with Crippen molar-refractivity contribution in [1.82, 2.24) is 5.32 Å². The number of amides is 2. The highest BCUT2D eigenvalue weighted by atomic mass is 16.4. The van der Waals surface area contributed by atoms with Crippen LogP contribution >= 0.6 is 0 Å². The Hall–Kier alpha value is -4.46. The Morgan fingerprint density at radius 1 is 0.844 bits per heavy atom. The number of amidine groups is 1. The molecule has 0 heterocycles. The fourth-order valence-corrected chi connectivity index (χ4v) is 3.25. The van der Waals surface area contributed by atoms with E-state index in [1.54, 1.807) is 42.5 Å². The standard InChI is InChI=1S/C24H22N4O4/c1-13-3-9-17(18-10-6-15(22(29)27-2)12-20(18)24(31)32)19(11-13)23(30)28-16-7-4-14(5-8-16)21(25)26/h3-12H,1-2H3,(H3,25,26)(H,27,29)(H,28,30)(H,31,32). The maximum atomic E-state index is 13.1. The van der Waals surface area contributed by atoms with Crippen LogP contribution in [0.15, 0.2) is 60.7 Å². The lowest BCUT2D eigenvalue weighted by Crippen LogP contribution is -2.19. The molecule has 2 amide bonds. The van der Waals surface area contributed by atoms with Gasteiger partial charge in [0.05, 0.1) is 5.56 Å². The van der Waals surface area contributed by atoms with E-state index in [0.29, 0.717) is 22.4 Å². The molecule has 8 nitrogen and oxygen atoms in total. The summed E-state index contributed by atoms with van der Waals surface area (Å²) in [5, 5.41) is 22.4. The Labute approximate surface area is 184 Å². The molecule has 0 aromatic heterocycles. The number of nitrogens with two attached hydrogens (primary N) is 1. The molecule has 3 aromatic carbocycles. The first kappa shape index (κ1) is 22.2. The van der Waals surface area contributed by atoms with E-state index < -0.39 is 17.8 Å². The quantitative estimate of drug-likeness (QED) is 0.301. The number of rotatable bonds is 6. The van der Waals surface area contributed by atoms with E-state index in [0.717, 1.165) is 5.56 Å². The van der Waals surface area contributed by atoms with Gasteiger partial charge in [-0.25, -0.2) is 4.79 Å². The minimum absolute atomic E-state index is 0.0785. The van der Waals surface area contributed by atoms with Crippen molar-refractivity contribution in [1.29, 1.82) is 5.41 Å². The van der Waals surface area contributed by atoms with Crippen molar-refractivity contribution in [2.45, 2.75) is 6.92 Å². The monoisotopic (exact) mass is 430 g/mol. The molecule has 0 fully saturated rings. The van der Waals surface area contributed by atoms with Crippen LogP contribution in [0.2, 0.25) is 0 Å². The second-order valence-electron chi connectivity index (χ2n) is 7.14. The molecule has 0 radical (unpaired) electrons. The Kier molecular flexibility index (Phi) is 6.34. The zero-order chi connectivity index (χ0) is 23.4. The summed E-state index contributed by atoms with van der Waals surface area (Å²) in [6.07, 6.45) is 0. The number of hydrogen-bond acceptors (Lipinski definition) is 4. The van der Waals surface area contributed by atoms with Crippen molar-refractivity contribution in [3.05, 3.63) is 88.5 Å². The Bertz CT molecular complexity index is 1230. The first-order valence-electron chi connectivity index (χ1n) is 9.67. The highest BCUT2D eigenvalue weighted by molar-refractivity contribution is 6.11. The number of hydrogen-bond donors (Lipinski definition) is 5. The van der Waals surface area contributed by atoms with Gasteiger partial charge in [-0.1, -0.05) is 23.8 Å². The van der Waals surface area contributed by atoms with E-state index in [2.05, 4.69) is 10.6 Å². The molecule has 0 saturated carbocycles. The molecule has 32 heavy (non-hydrogen) atoms. The Morgan fingerprint density at radius 3 is 2.03 bits per heavy atom. The third kappa shape index (κ3) is 4.65. The second kappa shape index (κ2) is 9.13. The number of carboxylic acid groups (broad SMARTS) is 1. The number of carbonyl (C=O) groups excluding carboxylic acids is 2. The smallest absolute Gasteiger partial charge is 0.336 e. The van der Waals surface area contributed by atoms with Crippen molar-refractivity contribution in [2.24, 2.45) is 5.73 Å². The van der Waals surface area contributed by atoms with Gasteiger partial charge in [0.2, 0.25) is 0 Å². The Morgan fingerprint density at radius 2 is 1.44 bits per heavy atom. The van der Waals surface area contributed by atoms with Crippen molar-refractivity contribution in [2.75, 3.05) is 12.4 Å². The third-order valence-corrected chi connectivity index (χ3v) is 4.90. The zero-order valence-corrected chi connectivity index (χ0v) is 17.5. The van der Waals surface area contributed by atoms with E-state index in [1.807, 2.05) is 6.92 Å². The number of aryl methyl sites for hydroxylation is 1. The molecule has 3 aromatic rings. The zero-order valence-electron chi connectivity index (χ0n) is 17.5. The maximum Gasteiger partial charge on any atom is 0.336 e. The summed E-state index contributed by atoms with van der Waals surface area (Å²) >= 11 is 0. The molecule has 162 valence electrons. The number of nitrogens with one attached hydrogen (secondary N) is 3. The summed E-state index contributed by atoms with van der Waals surface area (Å²) in [7, 11) is 1.46. The maximum absolute atomic E-state index is 13.1. The molecule has 0 aliphatic rings. The van der Waals surface area contributed by atoms with Crippen LogP contribution in [0.5, 0.6) is 0 Å². The number of aromatic carboxylic acids is 1. The average molecular weight is 430 g/mol. The fraction of sp³-hybridized carbons (Fsp3) is 0.0833. The normalized spacial score (nSPS) is 10.3. The SMILES string of the molecule is CNC(=O)c1ccc(-c2ccc(C)cc2C(=O)Nc2ccc(C(=N)N)cc2)c(C(=O)O)c1. The van der Waals surface area contributed by atoms with Gasteiger partial charge in [0.25, 0.3) is 11.8 Å². The number of carbonyl (C=O) groups is 3. The topological polar surface area (TPSA) is 145 Å². The van der Waals surface area contributed by atoms with Gasteiger partial charge in [-0.2, -0.15) is 0 Å². The summed E-state index contributed by atoms with van der Waals surface area (Å²) < 4.78 is 0. The third-order valence-electron chi connectivity index (χ3n) is 4.90. The Balaban J connectivity index is 2.05. The molecule has 0 spiro atoms. The van der Waals surface area contributed by atoms with Crippen molar-refractivity contribution in [3.8, 4) is 11.1 Å². The lowest BCUT2D eigenvalue weighted by atomic mass is 9.92. The van der Waals surface area contributed by atoms with Crippen LogP contribution in [0.25, 0.3) is 11.1 Å². The number of nitrogen functional groups attached to an aromatic ring is 1. The molecule has 0 aliphatic heterocycles. The van der Waals surface area contributed by atoms with Gasteiger partial charge < -0.3 is 21.5 Å². The average Bonchev–Trinajstić information content (AvgIpc) is 2.78. The molecule has 0 bridgehead atoms. The number of carboxylic acids is 1. The molecule has 3 rings (SSSR count). The predicted octanol–water partition coefficient (Wildman–Crippen LogP) is 3.26. The molecular formula is C24H22N4O4. The van der Waals surface area contributed by atoms with Gasteiger partial charge in [-0.3, -0.25) is 15.0 Å². The van der Waals surface area contributed by atoms with Crippen LogP contribution in [0, 0.1) is 12.3 Å². The lowest BCUT2D eigenvalue weighted by Gasteiger charge is -2.14. The van der Waals surface area contributed by atoms with E-state index in [4.69, 9.17) is 11.1 Å². The molecule has 0 atom stereocenters. The number of benzene rings is 3. The molecular weight excluding hydrogens is 408 g/mol. The van der Waals surface area contributed by atoms with E-state index >= 15 is 0 Å². The molecule has 0 saturated heterocycles. The summed E-state index contributed by atoms with van der Waals surface area (Å²) in [6.45, 7) is 1.83. The molecule has 0 unspecified atom stereocenters. The van der Waals surface area contributed by atoms with Gasteiger partial charge in [0.15, 0.2) is 0 Å². The van der Waals surface area contributed by atoms with Gasteiger partial charge in [0.1, 0.15) is 5.84 Å². The molecule has 0 aliphatic carbocycles. The van der Waals surface area contributed by atoms with E-state index in [9.17, 15) is 19.5 Å². The van der Waals surface area contributed by atoms with Crippen molar-refractivity contribution in [3.63, 3.8) is 0 Å². The number of anilines is 1. The van der Waals surface area contributed by atoms with Crippen LogP contribution < -0.4 is 16.4 Å². The van der Waals surface area contributed by atoms with Gasteiger partial charge >= 0.3 is 5.97 Å². The highest BCUT2D eigenvalue weighted by Crippen LogP contribution is 2.30. The van der Waals surface area contributed by atoms with E-state index in [1.165, 1.54) is 25.2 Å². The predicted molar refractivity (Wildman–Crippen MR) is 122 cm³/mol. The molecule has 8 heteroatoms.